The number of aliphatic hydroxyl groups is 1. The van der Waals surface area contributed by atoms with Crippen molar-refractivity contribution in [1.82, 2.24) is 9.38 Å². The summed E-state index contributed by atoms with van der Waals surface area (Å²) >= 11 is 7.51. The van der Waals surface area contributed by atoms with E-state index >= 15 is 0 Å². The lowest BCUT2D eigenvalue weighted by Crippen LogP contribution is -2.17. The van der Waals surface area contributed by atoms with Gasteiger partial charge in [0.1, 0.15) is 5.65 Å². The van der Waals surface area contributed by atoms with Gasteiger partial charge in [0.2, 0.25) is 0 Å². The summed E-state index contributed by atoms with van der Waals surface area (Å²) in [5.74, 6) is 0.795. The standard InChI is InChI=1S/C14H14ClN3OS/c1-17(8-10-5-6-12(15)20-10)14-11(9-19)18-7-3-2-4-13(18)16-14/h2-7,19H,8-9H2,1H3. The van der Waals surface area contributed by atoms with E-state index in [9.17, 15) is 5.11 Å². The molecule has 3 heterocycles. The Morgan fingerprint density at radius 1 is 1.35 bits per heavy atom. The third-order valence-corrected chi connectivity index (χ3v) is 4.36. The number of hydrogen-bond acceptors (Lipinski definition) is 4. The van der Waals surface area contributed by atoms with Crippen LogP contribution in [0.4, 0.5) is 5.82 Å². The summed E-state index contributed by atoms with van der Waals surface area (Å²) in [5, 5.41) is 9.62. The van der Waals surface area contributed by atoms with Crippen LogP contribution in [0, 0.1) is 0 Å². The van der Waals surface area contributed by atoms with Crippen LogP contribution >= 0.6 is 22.9 Å². The second-order valence-corrected chi connectivity index (χ2v) is 6.33. The van der Waals surface area contributed by atoms with E-state index in [1.54, 1.807) is 11.3 Å². The van der Waals surface area contributed by atoms with Crippen LogP contribution in [0.2, 0.25) is 4.34 Å². The maximum atomic E-state index is 9.62. The third kappa shape index (κ3) is 2.40. The maximum absolute atomic E-state index is 9.62. The minimum atomic E-state index is -0.0456. The van der Waals surface area contributed by atoms with Crippen molar-refractivity contribution in [2.45, 2.75) is 13.2 Å². The topological polar surface area (TPSA) is 40.8 Å². The molecule has 0 aromatic carbocycles. The van der Waals surface area contributed by atoms with E-state index < -0.39 is 0 Å². The first-order valence-electron chi connectivity index (χ1n) is 6.21. The molecule has 0 saturated heterocycles. The highest BCUT2D eigenvalue weighted by Crippen LogP contribution is 2.26. The van der Waals surface area contributed by atoms with Crippen molar-refractivity contribution in [2.24, 2.45) is 0 Å². The number of aromatic nitrogens is 2. The minimum absolute atomic E-state index is 0.0456. The molecule has 0 aliphatic carbocycles. The number of anilines is 1. The number of hydrogen-bond donors (Lipinski definition) is 1. The molecule has 0 atom stereocenters. The molecular weight excluding hydrogens is 294 g/mol. The zero-order chi connectivity index (χ0) is 14.1. The fourth-order valence-corrected chi connectivity index (χ4v) is 3.37. The molecule has 0 spiro atoms. The molecule has 0 amide bonds. The number of fused-ring (bicyclic) bond motifs is 1. The average Bonchev–Trinajstić information content (AvgIpc) is 3.01. The fraction of sp³-hybridized carbons (Fsp3) is 0.214. The SMILES string of the molecule is CN(Cc1ccc(Cl)s1)c1nc2ccccn2c1CO. The van der Waals surface area contributed by atoms with Gasteiger partial charge >= 0.3 is 0 Å². The Morgan fingerprint density at radius 2 is 2.20 bits per heavy atom. The number of rotatable bonds is 4. The lowest BCUT2D eigenvalue weighted by atomic mass is 10.3. The molecule has 3 aromatic heterocycles. The summed E-state index contributed by atoms with van der Waals surface area (Å²) in [7, 11) is 1.97. The van der Waals surface area contributed by atoms with E-state index in [0.29, 0.717) is 6.54 Å². The van der Waals surface area contributed by atoms with Crippen molar-refractivity contribution in [3.63, 3.8) is 0 Å². The summed E-state index contributed by atoms with van der Waals surface area (Å²) < 4.78 is 2.69. The highest BCUT2D eigenvalue weighted by Gasteiger charge is 2.15. The molecule has 0 aliphatic heterocycles. The van der Waals surface area contributed by atoms with E-state index in [-0.39, 0.29) is 6.61 Å². The van der Waals surface area contributed by atoms with Gasteiger partial charge in [0, 0.05) is 18.1 Å². The second kappa shape index (κ2) is 5.44. The predicted octanol–water partition coefficient (Wildman–Crippen LogP) is 3.18. The van der Waals surface area contributed by atoms with Crippen molar-refractivity contribution in [1.29, 1.82) is 0 Å². The van der Waals surface area contributed by atoms with Crippen LogP contribution in [0.1, 0.15) is 10.6 Å². The Morgan fingerprint density at radius 3 is 2.90 bits per heavy atom. The van der Waals surface area contributed by atoms with E-state index in [4.69, 9.17) is 11.6 Å². The first kappa shape index (κ1) is 13.4. The van der Waals surface area contributed by atoms with Gasteiger partial charge in [-0.15, -0.1) is 11.3 Å². The summed E-state index contributed by atoms with van der Waals surface area (Å²) in [6.45, 7) is 0.671. The highest BCUT2D eigenvalue weighted by atomic mass is 35.5. The van der Waals surface area contributed by atoms with Crippen molar-refractivity contribution >= 4 is 34.4 Å². The van der Waals surface area contributed by atoms with Crippen LogP contribution in [0.3, 0.4) is 0 Å². The van der Waals surface area contributed by atoms with Crippen LogP contribution in [-0.2, 0) is 13.2 Å². The summed E-state index contributed by atoms with van der Waals surface area (Å²) in [5.41, 5.74) is 1.63. The highest BCUT2D eigenvalue weighted by molar-refractivity contribution is 7.16. The monoisotopic (exact) mass is 307 g/mol. The molecule has 3 aromatic rings. The van der Waals surface area contributed by atoms with E-state index in [1.807, 2.05) is 52.9 Å². The van der Waals surface area contributed by atoms with Gasteiger partial charge in [-0.2, -0.15) is 0 Å². The first-order chi connectivity index (χ1) is 9.69. The Hall–Kier alpha value is -1.56. The van der Waals surface area contributed by atoms with Crippen LogP contribution in [0.25, 0.3) is 5.65 Å². The van der Waals surface area contributed by atoms with Gasteiger partial charge in [0.25, 0.3) is 0 Å². The van der Waals surface area contributed by atoms with E-state index in [0.717, 1.165) is 21.5 Å². The predicted molar refractivity (Wildman–Crippen MR) is 82.6 cm³/mol. The van der Waals surface area contributed by atoms with Crippen molar-refractivity contribution in [3.8, 4) is 0 Å². The quantitative estimate of drug-likeness (QED) is 0.805. The molecule has 104 valence electrons. The molecule has 0 bridgehead atoms. The largest absolute Gasteiger partial charge is 0.390 e. The van der Waals surface area contributed by atoms with Crippen molar-refractivity contribution < 1.29 is 5.11 Å². The molecule has 6 heteroatoms. The molecule has 1 N–H and O–H groups in total. The fourth-order valence-electron chi connectivity index (χ4n) is 2.23. The van der Waals surface area contributed by atoms with Crippen molar-refractivity contribution in [2.75, 3.05) is 11.9 Å². The van der Waals surface area contributed by atoms with Crippen LogP contribution in [0.5, 0.6) is 0 Å². The Balaban J connectivity index is 1.96. The molecule has 0 radical (unpaired) electrons. The number of thiophene rings is 1. The normalized spacial score (nSPS) is 11.2. The maximum Gasteiger partial charge on any atom is 0.153 e. The number of aliphatic hydroxyl groups excluding tert-OH is 1. The number of halogens is 1. The molecular formula is C14H14ClN3OS. The summed E-state index contributed by atoms with van der Waals surface area (Å²) in [6.07, 6.45) is 1.91. The van der Waals surface area contributed by atoms with Gasteiger partial charge in [-0.1, -0.05) is 17.7 Å². The van der Waals surface area contributed by atoms with Crippen LogP contribution < -0.4 is 4.90 Å². The molecule has 20 heavy (non-hydrogen) atoms. The summed E-state index contributed by atoms with van der Waals surface area (Å²) in [6, 6.07) is 9.70. The Kier molecular flexibility index (Phi) is 3.65. The van der Waals surface area contributed by atoms with Gasteiger partial charge < -0.3 is 10.0 Å². The van der Waals surface area contributed by atoms with Crippen LogP contribution in [-0.4, -0.2) is 21.5 Å². The van der Waals surface area contributed by atoms with Crippen molar-refractivity contribution in [3.05, 3.63) is 51.4 Å². The van der Waals surface area contributed by atoms with Gasteiger partial charge in [-0.3, -0.25) is 4.40 Å². The zero-order valence-corrected chi connectivity index (χ0v) is 12.5. The van der Waals surface area contributed by atoms with E-state index in [2.05, 4.69) is 4.98 Å². The van der Waals surface area contributed by atoms with Gasteiger partial charge in [0.05, 0.1) is 23.2 Å². The first-order valence-corrected chi connectivity index (χ1v) is 7.40. The Bertz CT molecular complexity index is 737. The number of pyridine rings is 1. The van der Waals surface area contributed by atoms with E-state index in [1.165, 1.54) is 4.88 Å². The zero-order valence-electron chi connectivity index (χ0n) is 11.0. The molecule has 0 aliphatic rings. The molecule has 0 unspecified atom stereocenters. The third-order valence-electron chi connectivity index (χ3n) is 3.14. The van der Waals surface area contributed by atoms with Crippen LogP contribution in [0.15, 0.2) is 36.5 Å². The second-order valence-electron chi connectivity index (χ2n) is 4.53. The number of imidazole rings is 1. The minimum Gasteiger partial charge on any atom is -0.390 e. The lowest BCUT2D eigenvalue weighted by Gasteiger charge is -2.16. The summed E-state index contributed by atoms with van der Waals surface area (Å²) in [4.78, 5) is 7.78. The molecule has 4 nitrogen and oxygen atoms in total. The average molecular weight is 308 g/mol. The smallest absolute Gasteiger partial charge is 0.153 e. The molecule has 0 fully saturated rings. The molecule has 3 rings (SSSR count). The molecule has 0 saturated carbocycles. The van der Waals surface area contributed by atoms with Gasteiger partial charge in [-0.25, -0.2) is 4.98 Å². The Labute approximate surface area is 125 Å². The van der Waals surface area contributed by atoms with Gasteiger partial charge in [-0.05, 0) is 24.3 Å². The van der Waals surface area contributed by atoms with Gasteiger partial charge in [0.15, 0.2) is 5.82 Å². The lowest BCUT2D eigenvalue weighted by molar-refractivity contribution is 0.276. The number of nitrogens with zero attached hydrogens (tertiary/aromatic N) is 3.